The van der Waals surface area contributed by atoms with E-state index in [-0.39, 0.29) is 0 Å². The maximum Gasteiger partial charge on any atom is 0.0444 e. The maximum absolute atomic E-state index is 6.33. The lowest BCUT2D eigenvalue weighted by Crippen LogP contribution is -2.18. The predicted octanol–water partition coefficient (Wildman–Crippen LogP) is 3.94. The van der Waals surface area contributed by atoms with Crippen LogP contribution in [0.4, 0.5) is 0 Å². The van der Waals surface area contributed by atoms with Crippen LogP contribution in [0.5, 0.6) is 0 Å². The van der Waals surface area contributed by atoms with E-state index in [4.69, 9.17) is 11.6 Å². The molecule has 0 aromatic heterocycles. The van der Waals surface area contributed by atoms with Gasteiger partial charge in [0.05, 0.1) is 0 Å². The first-order valence-electron chi connectivity index (χ1n) is 6.20. The standard InChI is InChI=1S/C14H18ClN/c1-9(2)13-5-10-7-16(12-3-4-12)8-11(10)6-14(13)15/h5-6,9,12H,3-4,7-8H2,1-2H3. The molecule has 1 aromatic carbocycles. The summed E-state index contributed by atoms with van der Waals surface area (Å²) >= 11 is 6.33. The molecular formula is C14H18ClN. The second kappa shape index (κ2) is 3.75. The first-order valence-corrected chi connectivity index (χ1v) is 6.58. The normalized spacial score (nSPS) is 20.5. The van der Waals surface area contributed by atoms with Gasteiger partial charge in [-0.2, -0.15) is 0 Å². The quantitative estimate of drug-likeness (QED) is 0.751. The maximum atomic E-state index is 6.33. The summed E-state index contributed by atoms with van der Waals surface area (Å²) in [6.07, 6.45) is 2.78. The summed E-state index contributed by atoms with van der Waals surface area (Å²) in [6, 6.07) is 5.37. The second-order valence-electron chi connectivity index (χ2n) is 5.43. The topological polar surface area (TPSA) is 3.24 Å². The minimum Gasteiger partial charge on any atom is -0.292 e. The molecule has 0 spiro atoms. The SMILES string of the molecule is CC(C)c1cc2c(cc1Cl)CN(C1CC1)C2. The zero-order chi connectivity index (χ0) is 11.3. The Morgan fingerprint density at radius 3 is 2.38 bits per heavy atom. The lowest BCUT2D eigenvalue weighted by atomic mass is 9.98. The Balaban J connectivity index is 1.92. The van der Waals surface area contributed by atoms with Crippen molar-refractivity contribution in [2.75, 3.05) is 0 Å². The molecule has 1 aromatic rings. The van der Waals surface area contributed by atoms with Crippen molar-refractivity contribution in [1.29, 1.82) is 0 Å². The highest BCUT2D eigenvalue weighted by molar-refractivity contribution is 6.31. The molecule has 1 aliphatic carbocycles. The molecule has 86 valence electrons. The van der Waals surface area contributed by atoms with Crippen molar-refractivity contribution in [3.8, 4) is 0 Å². The third kappa shape index (κ3) is 1.76. The zero-order valence-corrected chi connectivity index (χ0v) is 10.7. The van der Waals surface area contributed by atoms with E-state index >= 15 is 0 Å². The lowest BCUT2D eigenvalue weighted by Gasteiger charge is -2.12. The fourth-order valence-electron chi connectivity index (χ4n) is 2.61. The monoisotopic (exact) mass is 235 g/mol. The van der Waals surface area contributed by atoms with E-state index in [2.05, 4.69) is 30.9 Å². The Morgan fingerprint density at radius 2 is 1.81 bits per heavy atom. The smallest absolute Gasteiger partial charge is 0.0444 e. The van der Waals surface area contributed by atoms with Crippen molar-refractivity contribution >= 4 is 11.6 Å². The van der Waals surface area contributed by atoms with E-state index < -0.39 is 0 Å². The Kier molecular flexibility index (Phi) is 2.49. The van der Waals surface area contributed by atoms with Gasteiger partial charge in [0.1, 0.15) is 0 Å². The van der Waals surface area contributed by atoms with Crippen LogP contribution in [0.25, 0.3) is 0 Å². The van der Waals surface area contributed by atoms with Gasteiger partial charge in [0.25, 0.3) is 0 Å². The van der Waals surface area contributed by atoms with Gasteiger partial charge in [0, 0.05) is 24.2 Å². The molecule has 0 N–H and O–H groups in total. The van der Waals surface area contributed by atoms with Crippen LogP contribution in [0.15, 0.2) is 12.1 Å². The van der Waals surface area contributed by atoms with Crippen molar-refractivity contribution in [3.63, 3.8) is 0 Å². The molecular weight excluding hydrogens is 218 g/mol. The molecule has 0 bridgehead atoms. The summed E-state index contributed by atoms with van der Waals surface area (Å²) in [7, 11) is 0. The van der Waals surface area contributed by atoms with Crippen LogP contribution < -0.4 is 0 Å². The average molecular weight is 236 g/mol. The molecule has 1 fully saturated rings. The minimum absolute atomic E-state index is 0.521. The molecule has 0 atom stereocenters. The Hall–Kier alpha value is -0.530. The van der Waals surface area contributed by atoms with E-state index in [0.717, 1.165) is 24.2 Å². The van der Waals surface area contributed by atoms with E-state index in [0.29, 0.717) is 5.92 Å². The number of fused-ring (bicyclic) bond motifs is 1. The third-order valence-electron chi connectivity index (χ3n) is 3.75. The van der Waals surface area contributed by atoms with E-state index in [1.807, 2.05) is 0 Å². The summed E-state index contributed by atoms with van der Waals surface area (Å²) < 4.78 is 0. The highest BCUT2D eigenvalue weighted by Gasteiger charge is 2.33. The van der Waals surface area contributed by atoms with Gasteiger partial charge in [-0.15, -0.1) is 0 Å². The highest BCUT2D eigenvalue weighted by Crippen LogP contribution is 2.37. The summed E-state index contributed by atoms with van der Waals surface area (Å²) in [5, 5.41) is 0.950. The average Bonchev–Trinajstić information content (AvgIpc) is 2.98. The first kappa shape index (κ1) is 10.6. The molecule has 0 unspecified atom stereocenters. The van der Waals surface area contributed by atoms with Crippen molar-refractivity contribution < 1.29 is 0 Å². The van der Waals surface area contributed by atoms with Gasteiger partial charge < -0.3 is 0 Å². The van der Waals surface area contributed by atoms with Crippen LogP contribution in [-0.2, 0) is 13.1 Å². The van der Waals surface area contributed by atoms with Crippen molar-refractivity contribution in [1.82, 2.24) is 4.90 Å². The van der Waals surface area contributed by atoms with Crippen molar-refractivity contribution in [2.24, 2.45) is 0 Å². The Bertz CT molecular complexity index is 421. The Morgan fingerprint density at radius 1 is 1.19 bits per heavy atom. The number of rotatable bonds is 2. The molecule has 0 amide bonds. The van der Waals surface area contributed by atoms with Crippen molar-refractivity contribution in [2.45, 2.75) is 51.7 Å². The van der Waals surface area contributed by atoms with Crippen LogP contribution >= 0.6 is 11.6 Å². The number of hydrogen-bond donors (Lipinski definition) is 0. The summed E-state index contributed by atoms with van der Waals surface area (Å²) in [4.78, 5) is 2.59. The molecule has 16 heavy (non-hydrogen) atoms. The fourth-order valence-corrected chi connectivity index (χ4v) is 3.01. The van der Waals surface area contributed by atoms with E-state index in [9.17, 15) is 0 Å². The van der Waals surface area contributed by atoms with Crippen LogP contribution in [-0.4, -0.2) is 10.9 Å². The minimum atomic E-state index is 0.521. The summed E-state index contributed by atoms with van der Waals surface area (Å²) in [5.74, 6) is 0.521. The van der Waals surface area contributed by atoms with Crippen molar-refractivity contribution in [3.05, 3.63) is 33.8 Å². The number of halogens is 1. The largest absolute Gasteiger partial charge is 0.292 e. The van der Waals surface area contributed by atoms with Gasteiger partial charge in [-0.25, -0.2) is 0 Å². The van der Waals surface area contributed by atoms with Gasteiger partial charge in [0.2, 0.25) is 0 Å². The summed E-state index contributed by atoms with van der Waals surface area (Å²) in [6.45, 7) is 6.66. The van der Waals surface area contributed by atoms with Crippen LogP contribution in [0.3, 0.4) is 0 Å². The Labute approximate surface area is 102 Å². The van der Waals surface area contributed by atoms with E-state index in [1.165, 1.54) is 29.5 Å². The van der Waals surface area contributed by atoms with Gasteiger partial charge in [0.15, 0.2) is 0 Å². The van der Waals surface area contributed by atoms with Gasteiger partial charge in [-0.05, 0) is 41.5 Å². The molecule has 1 aliphatic heterocycles. The van der Waals surface area contributed by atoms with Crippen LogP contribution in [0, 0.1) is 0 Å². The molecule has 2 aliphatic rings. The number of hydrogen-bond acceptors (Lipinski definition) is 1. The third-order valence-corrected chi connectivity index (χ3v) is 4.08. The second-order valence-corrected chi connectivity index (χ2v) is 5.84. The fraction of sp³-hybridized carbons (Fsp3) is 0.571. The molecule has 1 heterocycles. The molecule has 0 radical (unpaired) electrons. The molecule has 1 saturated carbocycles. The van der Waals surface area contributed by atoms with E-state index in [1.54, 1.807) is 0 Å². The predicted molar refractivity (Wildman–Crippen MR) is 67.8 cm³/mol. The summed E-state index contributed by atoms with van der Waals surface area (Å²) in [5.41, 5.74) is 4.25. The molecule has 3 rings (SSSR count). The molecule has 2 heteroatoms. The highest BCUT2D eigenvalue weighted by atomic mass is 35.5. The zero-order valence-electron chi connectivity index (χ0n) is 9.96. The molecule has 1 nitrogen and oxygen atoms in total. The number of nitrogens with zero attached hydrogens (tertiary/aromatic N) is 1. The lowest BCUT2D eigenvalue weighted by molar-refractivity contribution is 0.273. The number of benzene rings is 1. The molecule has 0 saturated heterocycles. The van der Waals surface area contributed by atoms with Gasteiger partial charge >= 0.3 is 0 Å². The van der Waals surface area contributed by atoms with Crippen LogP contribution in [0.2, 0.25) is 5.02 Å². The van der Waals surface area contributed by atoms with Gasteiger partial charge in [-0.1, -0.05) is 31.5 Å². The van der Waals surface area contributed by atoms with Gasteiger partial charge in [-0.3, -0.25) is 4.90 Å². The van der Waals surface area contributed by atoms with Crippen LogP contribution in [0.1, 0.15) is 49.3 Å². The first-order chi connectivity index (χ1) is 7.65.